The lowest BCUT2D eigenvalue weighted by Crippen LogP contribution is -2.48. The third-order valence-electron chi connectivity index (χ3n) is 7.93. The Labute approximate surface area is 276 Å². The first kappa shape index (κ1) is 35.5. The Kier molecular flexibility index (Phi) is 14.2. The monoisotopic (exact) mass is 650 g/mol. The van der Waals surface area contributed by atoms with Gasteiger partial charge in [0.25, 0.3) is 5.91 Å². The maximum atomic E-state index is 13.2. The average Bonchev–Trinajstić information content (AvgIpc) is 3.09. The highest BCUT2D eigenvalue weighted by Crippen LogP contribution is 2.33. The lowest BCUT2D eigenvalue weighted by atomic mass is 9.87. The zero-order chi connectivity index (χ0) is 33.4. The number of carbonyl (C=O) groups is 2. The van der Waals surface area contributed by atoms with Crippen molar-refractivity contribution in [1.82, 2.24) is 4.90 Å². The second kappa shape index (κ2) is 18.7. The molecule has 11 heteroatoms. The van der Waals surface area contributed by atoms with E-state index in [1.165, 1.54) is 4.90 Å². The fourth-order valence-electron chi connectivity index (χ4n) is 5.42. The Morgan fingerprint density at radius 1 is 0.894 bits per heavy atom. The topological polar surface area (TPSA) is 125 Å². The summed E-state index contributed by atoms with van der Waals surface area (Å²) < 4.78 is 34.3. The minimum absolute atomic E-state index is 0.102. The van der Waals surface area contributed by atoms with Crippen LogP contribution >= 0.6 is 0 Å². The van der Waals surface area contributed by atoms with Crippen LogP contribution in [0.1, 0.15) is 43.2 Å². The number of carbonyl (C=O) groups excluding carboxylic acids is 1. The molecular weight excluding hydrogens is 604 g/mol. The van der Waals surface area contributed by atoms with E-state index < -0.39 is 18.3 Å². The second-order valence-electron chi connectivity index (χ2n) is 11.3. The van der Waals surface area contributed by atoms with Gasteiger partial charge in [-0.05, 0) is 49.2 Å². The van der Waals surface area contributed by atoms with Crippen molar-refractivity contribution in [2.45, 2.75) is 50.9 Å². The Morgan fingerprint density at radius 2 is 1.60 bits per heavy atom. The van der Waals surface area contributed by atoms with Crippen molar-refractivity contribution >= 4 is 17.7 Å². The summed E-state index contributed by atoms with van der Waals surface area (Å²) in [6.45, 7) is 4.76. The quantitative estimate of drug-likeness (QED) is 0.160. The first-order valence-electron chi connectivity index (χ1n) is 16.0. The molecule has 0 aromatic heterocycles. The van der Waals surface area contributed by atoms with Gasteiger partial charge in [0.1, 0.15) is 23.4 Å². The van der Waals surface area contributed by atoms with Gasteiger partial charge in [0.05, 0.1) is 51.9 Å². The summed E-state index contributed by atoms with van der Waals surface area (Å²) in [5.74, 6) is 1.65. The van der Waals surface area contributed by atoms with Crippen molar-refractivity contribution in [2.75, 3.05) is 59.1 Å². The molecule has 1 saturated heterocycles. The number of piperidine rings is 1. The van der Waals surface area contributed by atoms with Crippen molar-refractivity contribution in [2.24, 2.45) is 0 Å². The Hall–Kier alpha value is -4.32. The highest BCUT2D eigenvalue weighted by Gasteiger charge is 2.35. The molecule has 0 spiro atoms. The van der Waals surface area contributed by atoms with Crippen LogP contribution in [0.25, 0.3) is 0 Å². The fourth-order valence-corrected chi connectivity index (χ4v) is 5.42. The van der Waals surface area contributed by atoms with Crippen molar-refractivity contribution < 1.29 is 43.1 Å². The molecule has 4 rings (SSSR count). The highest BCUT2D eigenvalue weighted by molar-refractivity contribution is 5.95. The molecule has 3 atom stereocenters. The number of carboxylic acid groups (broad SMARTS) is 1. The van der Waals surface area contributed by atoms with Gasteiger partial charge in [-0.15, -0.1) is 0 Å². The molecule has 254 valence electrons. The van der Waals surface area contributed by atoms with Gasteiger partial charge in [-0.3, -0.25) is 4.79 Å². The maximum absolute atomic E-state index is 13.2. The van der Waals surface area contributed by atoms with Crippen LogP contribution in [-0.4, -0.2) is 88.0 Å². The number of nitrogens with zero attached hydrogens (tertiary/aromatic N) is 1. The van der Waals surface area contributed by atoms with Crippen LogP contribution in [0.3, 0.4) is 0 Å². The van der Waals surface area contributed by atoms with E-state index in [1.807, 2.05) is 60.7 Å². The first-order valence-corrected chi connectivity index (χ1v) is 16.0. The largest absolute Gasteiger partial charge is 0.496 e. The van der Waals surface area contributed by atoms with Gasteiger partial charge in [0.2, 0.25) is 0 Å². The minimum Gasteiger partial charge on any atom is -0.496 e. The number of anilines is 1. The van der Waals surface area contributed by atoms with Crippen LogP contribution in [0.15, 0.2) is 72.8 Å². The van der Waals surface area contributed by atoms with E-state index in [0.717, 1.165) is 35.5 Å². The molecule has 47 heavy (non-hydrogen) atoms. The Bertz CT molecular complexity index is 1400. The van der Waals surface area contributed by atoms with Crippen molar-refractivity contribution in [3.05, 3.63) is 83.9 Å². The summed E-state index contributed by atoms with van der Waals surface area (Å²) in [6.07, 6.45) is -0.365. The fraction of sp³-hybridized carbons (Fsp3) is 0.444. The van der Waals surface area contributed by atoms with Crippen LogP contribution in [-0.2, 0) is 25.6 Å². The smallest absolute Gasteiger partial charge is 0.407 e. The summed E-state index contributed by atoms with van der Waals surface area (Å²) in [4.78, 5) is 26.4. The van der Waals surface area contributed by atoms with Gasteiger partial charge < -0.3 is 43.7 Å². The molecule has 0 bridgehead atoms. The molecular formula is C36H46N2O9. The van der Waals surface area contributed by atoms with E-state index in [4.69, 9.17) is 28.4 Å². The van der Waals surface area contributed by atoms with Gasteiger partial charge in [-0.1, -0.05) is 42.5 Å². The van der Waals surface area contributed by atoms with Crippen LogP contribution in [0.2, 0.25) is 0 Å². The number of rotatable bonds is 18. The molecule has 3 aromatic carbocycles. The molecule has 2 amide bonds. The SMILES string of the molecule is COCCCOc1ccccc1NC(=O)C(C)OC1CN(C(=O)O)CCC1c1ccc(OCCCOCc2ccccc2OC)cc1. The molecule has 0 aliphatic carbocycles. The second-order valence-corrected chi connectivity index (χ2v) is 11.3. The maximum Gasteiger partial charge on any atom is 0.407 e. The van der Waals surface area contributed by atoms with Crippen LogP contribution in [0.5, 0.6) is 17.2 Å². The van der Waals surface area contributed by atoms with E-state index in [1.54, 1.807) is 33.3 Å². The van der Waals surface area contributed by atoms with Gasteiger partial charge in [0, 0.05) is 44.6 Å². The van der Waals surface area contributed by atoms with Gasteiger partial charge >= 0.3 is 6.09 Å². The number of ether oxygens (including phenoxy) is 6. The van der Waals surface area contributed by atoms with E-state index in [-0.39, 0.29) is 18.4 Å². The predicted octanol–water partition coefficient (Wildman–Crippen LogP) is 5.98. The normalized spacial score (nSPS) is 16.7. The summed E-state index contributed by atoms with van der Waals surface area (Å²) in [5.41, 5.74) is 2.54. The van der Waals surface area contributed by atoms with E-state index in [9.17, 15) is 14.7 Å². The molecule has 0 radical (unpaired) electrons. The number of para-hydroxylation sites is 3. The Balaban J connectivity index is 1.30. The number of hydrogen-bond acceptors (Lipinski definition) is 8. The van der Waals surface area contributed by atoms with Crippen molar-refractivity contribution in [3.8, 4) is 17.2 Å². The highest BCUT2D eigenvalue weighted by atomic mass is 16.5. The molecule has 1 aliphatic rings. The van der Waals surface area contributed by atoms with Gasteiger partial charge in [0.15, 0.2) is 0 Å². The molecule has 1 fully saturated rings. The van der Waals surface area contributed by atoms with Crippen LogP contribution in [0, 0.1) is 0 Å². The van der Waals surface area contributed by atoms with Crippen molar-refractivity contribution in [1.29, 1.82) is 0 Å². The molecule has 2 N–H and O–H groups in total. The van der Waals surface area contributed by atoms with Gasteiger partial charge in [-0.25, -0.2) is 4.79 Å². The first-order chi connectivity index (χ1) is 22.9. The molecule has 3 unspecified atom stereocenters. The zero-order valence-electron chi connectivity index (χ0n) is 27.4. The summed E-state index contributed by atoms with van der Waals surface area (Å²) >= 11 is 0. The third kappa shape index (κ3) is 10.9. The number of amides is 2. The number of likely N-dealkylation sites (tertiary alicyclic amines) is 1. The van der Waals surface area contributed by atoms with E-state index >= 15 is 0 Å². The Morgan fingerprint density at radius 3 is 2.34 bits per heavy atom. The molecule has 1 heterocycles. The number of methoxy groups -OCH3 is 2. The summed E-state index contributed by atoms with van der Waals surface area (Å²) in [5, 5.41) is 12.6. The van der Waals surface area contributed by atoms with Crippen molar-refractivity contribution in [3.63, 3.8) is 0 Å². The van der Waals surface area contributed by atoms with E-state index in [2.05, 4.69) is 5.32 Å². The number of benzene rings is 3. The predicted molar refractivity (Wildman–Crippen MR) is 178 cm³/mol. The number of hydrogen-bond donors (Lipinski definition) is 2. The van der Waals surface area contributed by atoms with E-state index in [0.29, 0.717) is 57.4 Å². The molecule has 1 aliphatic heterocycles. The molecule has 11 nitrogen and oxygen atoms in total. The van der Waals surface area contributed by atoms with Crippen LogP contribution < -0.4 is 19.5 Å². The third-order valence-corrected chi connectivity index (χ3v) is 7.93. The summed E-state index contributed by atoms with van der Waals surface area (Å²) in [7, 11) is 3.28. The minimum atomic E-state index is -1.01. The molecule has 0 saturated carbocycles. The molecule has 3 aromatic rings. The van der Waals surface area contributed by atoms with Gasteiger partial charge in [-0.2, -0.15) is 0 Å². The summed E-state index contributed by atoms with van der Waals surface area (Å²) in [6, 6.07) is 22.8. The lowest BCUT2D eigenvalue weighted by molar-refractivity contribution is -0.132. The number of nitrogens with one attached hydrogen (secondary N) is 1. The van der Waals surface area contributed by atoms with Crippen LogP contribution in [0.4, 0.5) is 10.5 Å². The average molecular weight is 651 g/mol. The standard InChI is InChI=1S/C36H46N2O9/c1-26(35(39)37-31-11-5-7-13-33(31)46-23-8-20-42-2)47-34-24-38(36(40)41)19-18-30(34)27-14-16-29(17-15-27)45-22-9-21-44-25-28-10-4-6-12-32(28)43-3/h4-7,10-17,26,30,34H,8-9,18-25H2,1-3H3,(H,37,39)(H,40,41). The lowest BCUT2D eigenvalue weighted by Gasteiger charge is -2.38. The zero-order valence-corrected chi connectivity index (χ0v) is 27.4.